The van der Waals surface area contributed by atoms with Crippen LogP contribution in [0, 0.1) is 0 Å². The van der Waals surface area contributed by atoms with Crippen LogP contribution in [0.4, 0.5) is 0 Å². The van der Waals surface area contributed by atoms with E-state index in [1.807, 2.05) is 57.5 Å². The third-order valence-corrected chi connectivity index (χ3v) is 6.16. The molecule has 0 N–H and O–H groups in total. The van der Waals surface area contributed by atoms with Crippen LogP contribution in [0.25, 0.3) is 10.9 Å². The molecule has 0 unspecified atom stereocenters. The van der Waals surface area contributed by atoms with E-state index in [9.17, 15) is 8.42 Å². The minimum absolute atomic E-state index is 0.304. The van der Waals surface area contributed by atoms with Crippen LogP contribution in [0.2, 0.25) is 0 Å². The normalized spacial score (nSPS) is 12.3. The average Bonchev–Trinajstić information content (AvgIpc) is 2.99. The topological polar surface area (TPSA) is 45.5 Å². The van der Waals surface area contributed by atoms with Gasteiger partial charge in [0.05, 0.1) is 10.4 Å². The fourth-order valence-electron chi connectivity index (χ4n) is 3.01. The molecule has 1 heterocycles. The van der Waals surface area contributed by atoms with E-state index in [1.165, 1.54) is 3.97 Å². The van der Waals surface area contributed by atoms with Crippen LogP contribution in [0.5, 0.6) is 0 Å². The van der Waals surface area contributed by atoms with Gasteiger partial charge < -0.3 is 4.90 Å². The Morgan fingerprint density at radius 3 is 2.23 bits per heavy atom. The van der Waals surface area contributed by atoms with Crippen molar-refractivity contribution in [3.63, 3.8) is 0 Å². The van der Waals surface area contributed by atoms with Crippen LogP contribution in [-0.2, 0) is 16.6 Å². The SMILES string of the molecule is CN(C)CCN(C)Cc1cc2ccccc2n1S(=O)(=O)c1ccccc1. The molecule has 138 valence electrons. The fourth-order valence-corrected chi connectivity index (χ4v) is 4.56. The van der Waals surface area contributed by atoms with Crippen molar-refractivity contribution in [2.24, 2.45) is 0 Å². The predicted molar refractivity (Wildman–Crippen MR) is 106 cm³/mol. The van der Waals surface area contributed by atoms with Gasteiger partial charge in [-0.25, -0.2) is 12.4 Å². The first kappa shape index (κ1) is 18.6. The predicted octanol–water partition coefficient (Wildman–Crippen LogP) is 2.87. The molecule has 0 aliphatic carbocycles. The molecular weight excluding hydrogens is 346 g/mol. The second-order valence-electron chi connectivity index (χ2n) is 6.82. The lowest BCUT2D eigenvalue weighted by Gasteiger charge is -2.20. The number of benzene rings is 2. The highest BCUT2D eigenvalue weighted by Gasteiger charge is 2.23. The number of nitrogens with zero attached hydrogens (tertiary/aromatic N) is 3. The number of fused-ring (bicyclic) bond motifs is 1. The summed E-state index contributed by atoms with van der Waals surface area (Å²) in [6.45, 7) is 2.34. The van der Waals surface area contributed by atoms with Gasteiger partial charge in [-0.15, -0.1) is 0 Å². The molecule has 0 radical (unpaired) electrons. The van der Waals surface area contributed by atoms with Crippen LogP contribution < -0.4 is 0 Å². The van der Waals surface area contributed by atoms with Crippen molar-refractivity contribution in [2.45, 2.75) is 11.4 Å². The first-order valence-corrected chi connectivity index (χ1v) is 10.1. The molecule has 0 aliphatic heterocycles. The van der Waals surface area contributed by atoms with Crippen LogP contribution in [0.15, 0.2) is 65.6 Å². The lowest BCUT2D eigenvalue weighted by atomic mass is 10.2. The van der Waals surface area contributed by atoms with E-state index in [2.05, 4.69) is 9.80 Å². The Kier molecular flexibility index (Phi) is 5.46. The molecule has 0 atom stereocenters. The molecule has 3 rings (SSSR count). The molecule has 0 saturated carbocycles. The quantitative estimate of drug-likeness (QED) is 0.641. The maximum atomic E-state index is 13.3. The Morgan fingerprint density at radius 2 is 1.54 bits per heavy atom. The number of hydrogen-bond donors (Lipinski definition) is 0. The van der Waals surface area contributed by atoms with Gasteiger partial charge in [-0.1, -0.05) is 36.4 Å². The first-order valence-electron chi connectivity index (χ1n) is 8.63. The molecule has 3 aromatic rings. The van der Waals surface area contributed by atoms with E-state index in [0.29, 0.717) is 17.0 Å². The van der Waals surface area contributed by atoms with Crippen LogP contribution in [0.1, 0.15) is 5.69 Å². The Bertz CT molecular complexity index is 979. The maximum absolute atomic E-state index is 13.3. The highest BCUT2D eigenvalue weighted by atomic mass is 32.2. The summed E-state index contributed by atoms with van der Waals surface area (Å²) in [6.07, 6.45) is 0. The maximum Gasteiger partial charge on any atom is 0.268 e. The Labute approximate surface area is 155 Å². The third kappa shape index (κ3) is 3.82. The zero-order valence-electron chi connectivity index (χ0n) is 15.5. The molecule has 26 heavy (non-hydrogen) atoms. The lowest BCUT2D eigenvalue weighted by Crippen LogP contribution is -2.29. The standard InChI is InChI=1S/C20H25N3O2S/c1-21(2)13-14-22(3)16-18-15-17-9-7-8-12-20(17)23(18)26(24,25)19-10-5-4-6-11-19/h4-12,15H,13-14,16H2,1-3H3. The summed E-state index contributed by atoms with van der Waals surface area (Å²) in [5.74, 6) is 0. The molecule has 0 bridgehead atoms. The largest absolute Gasteiger partial charge is 0.308 e. The molecule has 0 saturated heterocycles. The van der Waals surface area contributed by atoms with Gasteiger partial charge in [0.25, 0.3) is 10.0 Å². The van der Waals surface area contributed by atoms with Gasteiger partial charge in [-0.05, 0) is 45.4 Å². The molecule has 6 heteroatoms. The summed E-state index contributed by atoms with van der Waals surface area (Å²) in [5, 5.41) is 0.933. The number of likely N-dealkylation sites (N-methyl/N-ethyl adjacent to an activating group) is 2. The third-order valence-electron chi connectivity index (χ3n) is 4.38. The molecule has 0 amide bonds. The number of aromatic nitrogens is 1. The summed E-state index contributed by atoms with van der Waals surface area (Å²) in [5.41, 5.74) is 1.49. The highest BCUT2D eigenvalue weighted by molar-refractivity contribution is 7.90. The van der Waals surface area contributed by atoms with Crippen molar-refractivity contribution in [3.8, 4) is 0 Å². The Balaban J connectivity index is 2.06. The number of para-hydroxylation sites is 1. The van der Waals surface area contributed by atoms with Crippen LogP contribution >= 0.6 is 0 Å². The minimum atomic E-state index is -3.65. The minimum Gasteiger partial charge on any atom is -0.308 e. The van der Waals surface area contributed by atoms with Crippen molar-refractivity contribution in [3.05, 3.63) is 66.4 Å². The van der Waals surface area contributed by atoms with E-state index in [-0.39, 0.29) is 0 Å². The average molecular weight is 372 g/mol. The summed E-state index contributed by atoms with van der Waals surface area (Å²) in [7, 11) is 2.43. The highest BCUT2D eigenvalue weighted by Crippen LogP contribution is 2.26. The van der Waals surface area contributed by atoms with Gasteiger partial charge >= 0.3 is 0 Å². The molecule has 5 nitrogen and oxygen atoms in total. The van der Waals surface area contributed by atoms with Crippen molar-refractivity contribution >= 4 is 20.9 Å². The molecule has 0 spiro atoms. The van der Waals surface area contributed by atoms with E-state index in [0.717, 1.165) is 24.2 Å². The van der Waals surface area contributed by atoms with Gasteiger partial charge in [0.1, 0.15) is 0 Å². The Morgan fingerprint density at radius 1 is 0.885 bits per heavy atom. The molecule has 1 aromatic heterocycles. The first-order chi connectivity index (χ1) is 12.4. The zero-order chi connectivity index (χ0) is 18.7. The van der Waals surface area contributed by atoms with Crippen molar-refractivity contribution in [2.75, 3.05) is 34.2 Å². The molecule has 0 fully saturated rings. The van der Waals surface area contributed by atoms with Crippen molar-refractivity contribution in [1.82, 2.24) is 13.8 Å². The van der Waals surface area contributed by atoms with Crippen LogP contribution in [0.3, 0.4) is 0 Å². The molecule has 2 aromatic carbocycles. The van der Waals surface area contributed by atoms with Gasteiger partial charge in [-0.2, -0.15) is 0 Å². The Hall–Kier alpha value is -2.15. The monoisotopic (exact) mass is 371 g/mol. The van der Waals surface area contributed by atoms with Gasteiger partial charge in [-0.3, -0.25) is 4.90 Å². The van der Waals surface area contributed by atoms with E-state index >= 15 is 0 Å². The van der Waals surface area contributed by atoms with E-state index in [1.54, 1.807) is 24.3 Å². The smallest absolute Gasteiger partial charge is 0.268 e. The second-order valence-corrected chi connectivity index (χ2v) is 8.60. The second kappa shape index (κ2) is 7.61. The van der Waals surface area contributed by atoms with Gasteiger partial charge in [0, 0.05) is 30.7 Å². The van der Waals surface area contributed by atoms with Crippen LogP contribution in [-0.4, -0.2) is 56.4 Å². The van der Waals surface area contributed by atoms with Gasteiger partial charge in [0.2, 0.25) is 0 Å². The summed E-state index contributed by atoms with van der Waals surface area (Å²) in [4.78, 5) is 4.57. The zero-order valence-corrected chi connectivity index (χ0v) is 16.3. The van der Waals surface area contributed by atoms with Crippen molar-refractivity contribution < 1.29 is 8.42 Å². The number of rotatable bonds is 7. The lowest BCUT2D eigenvalue weighted by molar-refractivity contribution is 0.273. The fraction of sp³-hybridized carbons (Fsp3) is 0.300. The van der Waals surface area contributed by atoms with E-state index in [4.69, 9.17) is 0 Å². The molecular formula is C20H25N3O2S. The summed E-state index contributed by atoms with van der Waals surface area (Å²) >= 11 is 0. The molecule has 0 aliphatic rings. The van der Waals surface area contributed by atoms with E-state index < -0.39 is 10.0 Å². The summed E-state index contributed by atoms with van der Waals surface area (Å²) < 4.78 is 28.1. The van der Waals surface area contributed by atoms with Crippen molar-refractivity contribution in [1.29, 1.82) is 0 Å². The number of hydrogen-bond acceptors (Lipinski definition) is 4. The van der Waals surface area contributed by atoms with Gasteiger partial charge in [0.15, 0.2) is 0 Å². The summed E-state index contributed by atoms with van der Waals surface area (Å²) in [6, 6.07) is 18.2.